The van der Waals surface area contributed by atoms with Gasteiger partial charge in [-0.1, -0.05) is 39.7 Å². The first-order valence-corrected chi connectivity index (χ1v) is 5.49. The molecule has 1 aromatic carbocycles. The van der Waals surface area contributed by atoms with Crippen LogP contribution in [-0.4, -0.2) is 11.1 Å². The summed E-state index contributed by atoms with van der Waals surface area (Å²) in [7, 11) is 0. The van der Waals surface area contributed by atoms with Gasteiger partial charge in [0.25, 0.3) is 0 Å². The van der Waals surface area contributed by atoms with Crippen LogP contribution in [0.2, 0.25) is 5.02 Å². The zero-order valence-electron chi connectivity index (χ0n) is 7.46. The highest BCUT2D eigenvalue weighted by Crippen LogP contribution is 2.28. The zero-order chi connectivity index (χ0) is 10.7. The van der Waals surface area contributed by atoms with Gasteiger partial charge in [0, 0.05) is 4.47 Å². The van der Waals surface area contributed by atoms with Crippen molar-refractivity contribution in [2.24, 2.45) is 5.73 Å². The van der Waals surface area contributed by atoms with Crippen LogP contribution in [0.1, 0.15) is 6.92 Å². The number of ether oxygens (including phenoxy) is 1. The van der Waals surface area contributed by atoms with Crippen molar-refractivity contribution in [3.05, 3.63) is 27.7 Å². The van der Waals surface area contributed by atoms with Gasteiger partial charge in [-0.3, -0.25) is 0 Å². The SMILES string of the molecule is CC(Oc1ccc(Br)cc1Cl)C(N)=S. The minimum atomic E-state index is -0.316. The molecule has 1 rings (SSSR count). The minimum absolute atomic E-state index is 0.309. The minimum Gasteiger partial charge on any atom is -0.482 e. The summed E-state index contributed by atoms with van der Waals surface area (Å²) in [5, 5.41) is 0.530. The molecule has 0 fully saturated rings. The number of thiocarbonyl (C=S) groups is 1. The van der Waals surface area contributed by atoms with Crippen molar-refractivity contribution < 1.29 is 4.74 Å². The molecule has 1 atom stereocenters. The average molecular weight is 295 g/mol. The molecule has 0 aliphatic carbocycles. The third-order valence-electron chi connectivity index (χ3n) is 1.60. The maximum absolute atomic E-state index is 5.94. The topological polar surface area (TPSA) is 35.2 Å². The van der Waals surface area contributed by atoms with Crippen molar-refractivity contribution >= 4 is 44.7 Å². The Morgan fingerprint density at radius 1 is 1.64 bits per heavy atom. The molecular formula is C9H9BrClNOS. The third kappa shape index (κ3) is 3.12. The van der Waals surface area contributed by atoms with Gasteiger partial charge in [-0.2, -0.15) is 0 Å². The molecule has 0 saturated heterocycles. The second kappa shape index (κ2) is 4.96. The molecule has 5 heteroatoms. The predicted octanol–water partition coefficient (Wildman–Crippen LogP) is 3.16. The number of halogens is 2. The van der Waals surface area contributed by atoms with E-state index in [0.717, 1.165) is 4.47 Å². The summed E-state index contributed by atoms with van der Waals surface area (Å²) >= 11 is 14.0. The van der Waals surface area contributed by atoms with E-state index in [-0.39, 0.29) is 6.10 Å². The molecule has 14 heavy (non-hydrogen) atoms. The van der Waals surface area contributed by atoms with Gasteiger partial charge in [-0.05, 0) is 25.1 Å². The highest BCUT2D eigenvalue weighted by atomic mass is 79.9. The standard InChI is InChI=1S/C9H9BrClNOS/c1-5(9(12)14)13-8-3-2-6(10)4-7(8)11/h2-5H,1H3,(H2,12,14). The summed E-state index contributed by atoms with van der Waals surface area (Å²) in [4.78, 5) is 0.309. The van der Waals surface area contributed by atoms with Gasteiger partial charge in [0.05, 0.1) is 5.02 Å². The van der Waals surface area contributed by atoms with E-state index in [4.69, 9.17) is 34.3 Å². The van der Waals surface area contributed by atoms with E-state index in [9.17, 15) is 0 Å². The summed E-state index contributed by atoms with van der Waals surface area (Å²) in [5.74, 6) is 0.579. The van der Waals surface area contributed by atoms with E-state index in [1.165, 1.54) is 0 Å². The molecule has 0 amide bonds. The highest BCUT2D eigenvalue weighted by Gasteiger charge is 2.09. The van der Waals surface area contributed by atoms with Crippen molar-refractivity contribution in [1.29, 1.82) is 0 Å². The summed E-state index contributed by atoms with van der Waals surface area (Å²) < 4.78 is 6.34. The lowest BCUT2D eigenvalue weighted by Gasteiger charge is -2.14. The fourth-order valence-corrected chi connectivity index (χ4v) is 1.59. The quantitative estimate of drug-likeness (QED) is 0.870. The number of rotatable bonds is 3. The van der Waals surface area contributed by atoms with Gasteiger partial charge in [-0.25, -0.2) is 0 Å². The maximum Gasteiger partial charge on any atom is 0.145 e. The Bertz CT molecular complexity index is 359. The second-order valence-electron chi connectivity index (χ2n) is 2.74. The van der Waals surface area contributed by atoms with Crippen LogP contribution in [0.5, 0.6) is 5.75 Å². The monoisotopic (exact) mass is 293 g/mol. The highest BCUT2D eigenvalue weighted by molar-refractivity contribution is 9.10. The van der Waals surface area contributed by atoms with Crippen molar-refractivity contribution in [2.75, 3.05) is 0 Å². The average Bonchev–Trinajstić information content (AvgIpc) is 2.09. The molecule has 1 aromatic rings. The van der Waals surface area contributed by atoms with Gasteiger partial charge in [0.2, 0.25) is 0 Å². The lowest BCUT2D eigenvalue weighted by Crippen LogP contribution is -2.28. The van der Waals surface area contributed by atoms with E-state index in [0.29, 0.717) is 15.8 Å². The normalized spacial score (nSPS) is 12.2. The maximum atomic E-state index is 5.94. The van der Waals surface area contributed by atoms with Gasteiger partial charge < -0.3 is 10.5 Å². The van der Waals surface area contributed by atoms with Crippen molar-refractivity contribution in [1.82, 2.24) is 0 Å². The van der Waals surface area contributed by atoms with E-state index in [2.05, 4.69) is 15.9 Å². The van der Waals surface area contributed by atoms with Crippen LogP contribution in [0.4, 0.5) is 0 Å². The van der Waals surface area contributed by atoms with Crippen LogP contribution in [0.3, 0.4) is 0 Å². The number of hydrogen-bond acceptors (Lipinski definition) is 2. The zero-order valence-corrected chi connectivity index (χ0v) is 10.6. The first-order valence-electron chi connectivity index (χ1n) is 3.91. The first-order chi connectivity index (χ1) is 6.50. The summed E-state index contributed by atoms with van der Waals surface area (Å²) in [6, 6.07) is 5.36. The molecule has 0 heterocycles. The molecule has 1 unspecified atom stereocenters. The molecule has 0 aromatic heterocycles. The van der Waals surface area contributed by atoms with Crippen LogP contribution in [0, 0.1) is 0 Å². The Balaban J connectivity index is 2.82. The molecule has 0 aliphatic heterocycles. The lowest BCUT2D eigenvalue weighted by molar-refractivity contribution is 0.288. The molecular weight excluding hydrogens is 286 g/mol. The molecule has 2 N–H and O–H groups in total. The van der Waals surface area contributed by atoms with Crippen LogP contribution < -0.4 is 10.5 Å². The number of nitrogens with two attached hydrogens (primary N) is 1. The molecule has 0 spiro atoms. The Kier molecular flexibility index (Phi) is 4.16. The van der Waals surface area contributed by atoms with E-state index < -0.39 is 0 Å². The van der Waals surface area contributed by atoms with Crippen LogP contribution in [-0.2, 0) is 0 Å². The summed E-state index contributed by atoms with van der Waals surface area (Å²) in [6.45, 7) is 1.78. The molecule has 0 bridgehead atoms. The number of hydrogen-bond donors (Lipinski definition) is 1. The van der Waals surface area contributed by atoms with Gasteiger partial charge in [0.1, 0.15) is 16.8 Å². The van der Waals surface area contributed by atoms with E-state index in [1.54, 1.807) is 19.1 Å². The second-order valence-corrected chi connectivity index (χ2v) is 4.53. The fraction of sp³-hybridized carbons (Fsp3) is 0.222. The third-order valence-corrected chi connectivity index (χ3v) is 2.72. The molecule has 0 saturated carbocycles. The lowest BCUT2D eigenvalue weighted by atomic mass is 10.3. The molecule has 0 radical (unpaired) electrons. The van der Waals surface area contributed by atoms with Crippen LogP contribution in [0.25, 0.3) is 0 Å². The Hall–Kier alpha value is -0.320. The summed E-state index contributed by atoms with van der Waals surface area (Å²) in [5.41, 5.74) is 5.42. The first kappa shape index (κ1) is 11.8. The predicted molar refractivity (Wildman–Crippen MR) is 66.0 cm³/mol. The van der Waals surface area contributed by atoms with Gasteiger partial charge in [0.15, 0.2) is 0 Å². The largest absolute Gasteiger partial charge is 0.482 e. The van der Waals surface area contributed by atoms with Crippen molar-refractivity contribution in [2.45, 2.75) is 13.0 Å². The molecule has 0 aliphatic rings. The van der Waals surface area contributed by atoms with Crippen LogP contribution >= 0.6 is 39.7 Å². The Morgan fingerprint density at radius 2 is 2.29 bits per heavy atom. The molecule has 2 nitrogen and oxygen atoms in total. The van der Waals surface area contributed by atoms with Crippen LogP contribution in [0.15, 0.2) is 22.7 Å². The Labute approximate surface area is 102 Å². The van der Waals surface area contributed by atoms with Gasteiger partial charge >= 0.3 is 0 Å². The van der Waals surface area contributed by atoms with Gasteiger partial charge in [-0.15, -0.1) is 0 Å². The Morgan fingerprint density at radius 3 is 2.79 bits per heavy atom. The summed E-state index contributed by atoms with van der Waals surface area (Å²) in [6.07, 6.45) is -0.316. The van der Waals surface area contributed by atoms with Crippen molar-refractivity contribution in [3.8, 4) is 5.75 Å². The smallest absolute Gasteiger partial charge is 0.145 e. The molecule has 76 valence electrons. The van der Waals surface area contributed by atoms with Crippen molar-refractivity contribution in [3.63, 3.8) is 0 Å². The van der Waals surface area contributed by atoms with E-state index >= 15 is 0 Å². The number of benzene rings is 1. The van der Waals surface area contributed by atoms with E-state index in [1.807, 2.05) is 6.07 Å². The fourth-order valence-electron chi connectivity index (χ4n) is 0.819.